The van der Waals surface area contributed by atoms with Crippen molar-refractivity contribution in [1.29, 1.82) is 0 Å². The normalized spacial score (nSPS) is 10.8. The van der Waals surface area contributed by atoms with Gasteiger partial charge in [-0.2, -0.15) is 4.68 Å². The third kappa shape index (κ3) is 4.82. The molecule has 11 heteroatoms. The lowest BCUT2D eigenvalue weighted by molar-refractivity contribution is 0.273. The molecule has 0 amide bonds. The summed E-state index contributed by atoms with van der Waals surface area (Å²) in [4.78, 5) is 0. The molecular formula is C21H25N9O2. The maximum absolute atomic E-state index is 5.97. The van der Waals surface area contributed by atoms with Crippen LogP contribution in [0.2, 0.25) is 0 Å². The lowest BCUT2D eigenvalue weighted by atomic mass is 10.2. The zero-order valence-electron chi connectivity index (χ0n) is 18.3. The van der Waals surface area contributed by atoms with Crippen molar-refractivity contribution < 1.29 is 9.47 Å². The number of nitrogens with one attached hydrogen (secondary N) is 1. The Labute approximate surface area is 185 Å². The van der Waals surface area contributed by atoms with Crippen LogP contribution in [-0.2, 0) is 19.7 Å². The van der Waals surface area contributed by atoms with E-state index in [0.717, 1.165) is 24.2 Å². The second-order valence-corrected chi connectivity index (χ2v) is 7.20. The molecule has 0 aliphatic carbocycles. The van der Waals surface area contributed by atoms with Gasteiger partial charge in [-0.25, -0.2) is 4.68 Å². The minimum Gasteiger partial charge on any atom is -0.493 e. The number of nitrogens with zero attached hydrogens (tertiary/aromatic N) is 8. The Hall–Kier alpha value is -4.02. The zero-order chi connectivity index (χ0) is 22.3. The van der Waals surface area contributed by atoms with Crippen LogP contribution in [0.1, 0.15) is 30.3 Å². The van der Waals surface area contributed by atoms with Gasteiger partial charge in [-0.3, -0.25) is 0 Å². The Kier molecular flexibility index (Phi) is 6.54. The van der Waals surface area contributed by atoms with E-state index in [0.29, 0.717) is 29.8 Å². The molecule has 0 unspecified atom stereocenters. The topological polar surface area (TPSA) is 118 Å². The van der Waals surface area contributed by atoms with Crippen LogP contribution in [0.25, 0.3) is 5.69 Å². The molecule has 11 nitrogen and oxygen atoms in total. The van der Waals surface area contributed by atoms with Crippen LogP contribution >= 0.6 is 0 Å². The van der Waals surface area contributed by atoms with Crippen molar-refractivity contribution in [2.24, 2.45) is 0 Å². The summed E-state index contributed by atoms with van der Waals surface area (Å²) in [5.74, 6) is 2.44. The number of tetrazole rings is 2. The van der Waals surface area contributed by atoms with Crippen molar-refractivity contribution >= 4 is 5.95 Å². The molecule has 2 heterocycles. The van der Waals surface area contributed by atoms with Crippen molar-refractivity contribution in [2.45, 2.75) is 40.0 Å². The summed E-state index contributed by atoms with van der Waals surface area (Å²) in [5, 5.41) is 26.9. The Morgan fingerprint density at radius 3 is 2.56 bits per heavy atom. The van der Waals surface area contributed by atoms with Gasteiger partial charge in [0.2, 0.25) is 5.95 Å². The van der Waals surface area contributed by atoms with Gasteiger partial charge in [0.25, 0.3) is 0 Å². The predicted octanol–water partition coefficient (Wildman–Crippen LogP) is 2.57. The van der Waals surface area contributed by atoms with E-state index in [1.54, 1.807) is 16.5 Å². The molecule has 1 N–H and O–H groups in total. The summed E-state index contributed by atoms with van der Waals surface area (Å²) in [6.07, 6.45) is 0.951. The van der Waals surface area contributed by atoms with Crippen molar-refractivity contribution in [3.8, 4) is 17.2 Å². The van der Waals surface area contributed by atoms with Crippen LogP contribution in [0.15, 0.2) is 42.5 Å². The van der Waals surface area contributed by atoms with Gasteiger partial charge in [0.15, 0.2) is 23.9 Å². The van der Waals surface area contributed by atoms with Crippen LogP contribution in [0.5, 0.6) is 11.5 Å². The van der Waals surface area contributed by atoms with Gasteiger partial charge in [-0.15, -0.1) is 5.10 Å². The molecule has 0 aliphatic rings. The van der Waals surface area contributed by atoms with Crippen molar-refractivity contribution in [3.63, 3.8) is 0 Å². The van der Waals surface area contributed by atoms with E-state index < -0.39 is 0 Å². The smallest absolute Gasteiger partial charge is 0.243 e. The van der Waals surface area contributed by atoms with Gasteiger partial charge >= 0.3 is 0 Å². The lowest BCUT2D eigenvalue weighted by Gasteiger charge is -2.13. The zero-order valence-corrected chi connectivity index (χ0v) is 18.3. The Morgan fingerprint density at radius 1 is 0.969 bits per heavy atom. The monoisotopic (exact) mass is 435 g/mol. The first-order chi connectivity index (χ1) is 15.7. The fourth-order valence-electron chi connectivity index (χ4n) is 3.14. The minimum absolute atomic E-state index is 0.195. The van der Waals surface area contributed by atoms with Crippen molar-refractivity contribution in [3.05, 3.63) is 59.4 Å². The molecule has 2 aromatic heterocycles. The number of rotatable bonds is 10. The SMILES string of the molecule is CCCn1nnnc1NCc1ccc(OCc2nnnn2-c2ccc(C)cc2)c(OC)c1. The predicted molar refractivity (Wildman–Crippen MR) is 117 cm³/mol. The highest BCUT2D eigenvalue weighted by Crippen LogP contribution is 2.29. The van der Waals surface area contributed by atoms with Crippen LogP contribution in [-0.4, -0.2) is 47.5 Å². The molecule has 0 aliphatic heterocycles. The highest BCUT2D eigenvalue weighted by atomic mass is 16.5. The third-order valence-electron chi connectivity index (χ3n) is 4.82. The summed E-state index contributed by atoms with van der Waals surface area (Å²) in [5.41, 5.74) is 3.04. The number of hydrogen-bond donors (Lipinski definition) is 1. The summed E-state index contributed by atoms with van der Waals surface area (Å²) in [6, 6.07) is 13.7. The summed E-state index contributed by atoms with van der Waals surface area (Å²) in [6.45, 7) is 5.61. The molecule has 0 spiro atoms. The van der Waals surface area contributed by atoms with E-state index in [4.69, 9.17) is 9.47 Å². The van der Waals surface area contributed by atoms with Crippen LogP contribution in [0, 0.1) is 6.92 Å². The average molecular weight is 435 g/mol. The molecule has 0 radical (unpaired) electrons. The van der Waals surface area contributed by atoms with E-state index in [9.17, 15) is 0 Å². The Bertz CT molecular complexity index is 1150. The lowest BCUT2D eigenvalue weighted by Crippen LogP contribution is -2.09. The number of aromatic nitrogens is 8. The molecule has 166 valence electrons. The quantitative estimate of drug-likeness (QED) is 0.401. The first-order valence-electron chi connectivity index (χ1n) is 10.3. The number of hydrogen-bond acceptors (Lipinski definition) is 9. The summed E-state index contributed by atoms with van der Waals surface area (Å²) in [7, 11) is 1.61. The average Bonchev–Trinajstić information content (AvgIpc) is 3.46. The Balaban J connectivity index is 1.42. The van der Waals surface area contributed by atoms with Crippen LogP contribution in [0.3, 0.4) is 0 Å². The summed E-state index contributed by atoms with van der Waals surface area (Å²) < 4.78 is 14.9. The van der Waals surface area contributed by atoms with Crippen molar-refractivity contribution in [2.75, 3.05) is 12.4 Å². The maximum Gasteiger partial charge on any atom is 0.243 e. The second kappa shape index (κ2) is 9.86. The molecule has 32 heavy (non-hydrogen) atoms. The maximum atomic E-state index is 5.97. The van der Waals surface area contributed by atoms with Crippen LogP contribution < -0.4 is 14.8 Å². The van der Waals surface area contributed by atoms with Gasteiger partial charge in [0, 0.05) is 13.1 Å². The van der Waals surface area contributed by atoms with Gasteiger partial charge in [0.1, 0.15) is 0 Å². The van der Waals surface area contributed by atoms with E-state index >= 15 is 0 Å². The Morgan fingerprint density at radius 2 is 1.78 bits per heavy atom. The highest BCUT2D eigenvalue weighted by Gasteiger charge is 2.12. The largest absolute Gasteiger partial charge is 0.493 e. The van der Waals surface area contributed by atoms with E-state index in [2.05, 4.69) is 43.3 Å². The van der Waals surface area contributed by atoms with E-state index in [1.807, 2.05) is 49.4 Å². The molecule has 0 saturated heterocycles. The van der Waals surface area contributed by atoms with E-state index in [-0.39, 0.29) is 6.61 Å². The standard InChI is InChI=1S/C21H25N9O2/c1-4-11-29-21(24-26-27-29)22-13-16-7-10-18(19(12-16)31-3)32-14-20-23-25-28-30(20)17-8-5-15(2)6-9-17/h5-10,12H,4,11,13-14H2,1-3H3,(H,22,24,27). The van der Waals surface area contributed by atoms with Gasteiger partial charge in [-0.05, 0) is 64.0 Å². The molecular weight excluding hydrogens is 410 g/mol. The number of benzene rings is 2. The molecule has 2 aromatic carbocycles. The number of aryl methyl sites for hydroxylation is 2. The molecule has 0 fully saturated rings. The van der Waals surface area contributed by atoms with Gasteiger partial charge in [-0.1, -0.05) is 35.8 Å². The third-order valence-corrected chi connectivity index (χ3v) is 4.82. The van der Waals surface area contributed by atoms with Gasteiger partial charge < -0.3 is 14.8 Å². The highest BCUT2D eigenvalue weighted by molar-refractivity contribution is 5.44. The number of anilines is 1. The first kappa shape index (κ1) is 21.2. The van der Waals surface area contributed by atoms with E-state index in [1.165, 1.54) is 5.56 Å². The molecule has 4 rings (SSSR count). The minimum atomic E-state index is 0.195. The van der Waals surface area contributed by atoms with Crippen molar-refractivity contribution in [1.82, 2.24) is 40.4 Å². The van der Waals surface area contributed by atoms with Crippen LogP contribution in [0.4, 0.5) is 5.95 Å². The number of methoxy groups -OCH3 is 1. The molecule has 0 bridgehead atoms. The fourth-order valence-corrected chi connectivity index (χ4v) is 3.14. The fraction of sp³-hybridized carbons (Fsp3) is 0.333. The van der Waals surface area contributed by atoms with Gasteiger partial charge in [0.05, 0.1) is 12.8 Å². The first-order valence-corrected chi connectivity index (χ1v) is 10.3. The molecule has 0 atom stereocenters. The summed E-state index contributed by atoms with van der Waals surface area (Å²) >= 11 is 0. The molecule has 0 saturated carbocycles. The number of ether oxygens (including phenoxy) is 2. The second-order valence-electron chi connectivity index (χ2n) is 7.20. The molecule has 4 aromatic rings.